The van der Waals surface area contributed by atoms with Crippen LogP contribution < -0.4 is 11.3 Å². The number of fused-ring (bicyclic) bond motifs is 1. The number of pyridine rings is 1. The molecule has 3 heterocycles. The van der Waals surface area contributed by atoms with Crippen molar-refractivity contribution in [2.75, 3.05) is 0 Å². The van der Waals surface area contributed by atoms with Gasteiger partial charge in [-0.25, -0.2) is 4.98 Å². The summed E-state index contributed by atoms with van der Waals surface area (Å²) in [5.41, 5.74) is 5.02. The number of hydrazine groups is 1. The van der Waals surface area contributed by atoms with Gasteiger partial charge in [-0.05, 0) is 29.5 Å². The van der Waals surface area contributed by atoms with Crippen LogP contribution >= 0.6 is 11.3 Å². The molecule has 0 fully saturated rings. The van der Waals surface area contributed by atoms with Crippen molar-refractivity contribution in [1.82, 2.24) is 20.0 Å². The molecule has 0 spiro atoms. The largest absolute Gasteiger partial charge is 0.335 e. The van der Waals surface area contributed by atoms with Crippen molar-refractivity contribution in [1.29, 1.82) is 0 Å². The SMILES string of the molecule is CCCn1ccnc1CC(NN)c1cnc2ccsc2c1. The van der Waals surface area contributed by atoms with Gasteiger partial charge < -0.3 is 4.57 Å². The number of rotatable bonds is 6. The van der Waals surface area contributed by atoms with Crippen molar-refractivity contribution in [3.63, 3.8) is 0 Å². The summed E-state index contributed by atoms with van der Waals surface area (Å²) in [6.07, 6.45) is 7.61. The van der Waals surface area contributed by atoms with E-state index in [1.165, 1.54) is 4.70 Å². The zero-order chi connectivity index (χ0) is 14.7. The van der Waals surface area contributed by atoms with Crippen molar-refractivity contribution >= 4 is 21.6 Å². The number of hydrogen-bond donors (Lipinski definition) is 2. The predicted octanol–water partition coefficient (Wildman–Crippen LogP) is 2.65. The molecule has 110 valence electrons. The fourth-order valence-electron chi connectivity index (χ4n) is 2.48. The molecule has 0 aliphatic rings. The number of thiophene rings is 1. The third kappa shape index (κ3) is 2.97. The molecule has 21 heavy (non-hydrogen) atoms. The Balaban J connectivity index is 1.85. The van der Waals surface area contributed by atoms with Crippen LogP contribution in [-0.4, -0.2) is 14.5 Å². The number of nitrogens with zero attached hydrogens (tertiary/aromatic N) is 3. The average Bonchev–Trinajstić information content (AvgIpc) is 3.13. The highest BCUT2D eigenvalue weighted by Gasteiger charge is 2.15. The third-order valence-electron chi connectivity index (χ3n) is 3.58. The van der Waals surface area contributed by atoms with Gasteiger partial charge in [-0.2, -0.15) is 0 Å². The van der Waals surface area contributed by atoms with Gasteiger partial charge in [0.25, 0.3) is 0 Å². The smallest absolute Gasteiger partial charge is 0.110 e. The van der Waals surface area contributed by atoms with Gasteiger partial charge in [0.05, 0.1) is 16.3 Å². The van der Waals surface area contributed by atoms with Crippen molar-refractivity contribution < 1.29 is 0 Å². The summed E-state index contributed by atoms with van der Waals surface area (Å²) in [7, 11) is 0. The Hall–Kier alpha value is -1.76. The molecule has 0 amide bonds. The van der Waals surface area contributed by atoms with Crippen molar-refractivity contribution in [2.45, 2.75) is 32.4 Å². The van der Waals surface area contributed by atoms with Crippen LogP contribution in [-0.2, 0) is 13.0 Å². The van der Waals surface area contributed by atoms with Crippen molar-refractivity contribution in [3.05, 3.63) is 47.5 Å². The summed E-state index contributed by atoms with van der Waals surface area (Å²) in [5, 5.41) is 2.06. The first kappa shape index (κ1) is 14.2. The van der Waals surface area contributed by atoms with E-state index in [2.05, 4.69) is 38.3 Å². The molecule has 0 radical (unpaired) electrons. The lowest BCUT2D eigenvalue weighted by Crippen LogP contribution is -2.30. The molecule has 0 aromatic carbocycles. The van der Waals surface area contributed by atoms with E-state index in [-0.39, 0.29) is 6.04 Å². The summed E-state index contributed by atoms with van der Waals surface area (Å²) < 4.78 is 3.37. The number of aromatic nitrogens is 3. The highest BCUT2D eigenvalue weighted by atomic mass is 32.1. The van der Waals surface area contributed by atoms with Crippen LogP contribution in [0.5, 0.6) is 0 Å². The van der Waals surface area contributed by atoms with E-state index in [9.17, 15) is 0 Å². The maximum absolute atomic E-state index is 5.75. The van der Waals surface area contributed by atoms with Crippen LogP contribution in [0.2, 0.25) is 0 Å². The second kappa shape index (κ2) is 6.34. The molecule has 0 aliphatic carbocycles. The molecule has 5 nitrogen and oxygen atoms in total. The summed E-state index contributed by atoms with van der Waals surface area (Å²) in [4.78, 5) is 8.94. The summed E-state index contributed by atoms with van der Waals surface area (Å²) >= 11 is 1.70. The molecule has 0 bridgehead atoms. The molecule has 0 aliphatic heterocycles. The summed E-state index contributed by atoms with van der Waals surface area (Å²) in [5.74, 6) is 6.80. The normalized spacial score (nSPS) is 12.9. The Morgan fingerprint density at radius 3 is 3.14 bits per heavy atom. The van der Waals surface area contributed by atoms with Crippen LogP contribution in [0.3, 0.4) is 0 Å². The maximum Gasteiger partial charge on any atom is 0.110 e. The van der Waals surface area contributed by atoms with Gasteiger partial charge in [-0.15, -0.1) is 11.3 Å². The molecule has 3 aromatic rings. The average molecular weight is 301 g/mol. The number of imidazole rings is 1. The molecular formula is C15H19N5S. The van der Waals surface area contributed by atoms with Crippen LogP contribution in [0, 0.1) is 0 Å². The standard InChI is InChI=1S/C15H19N5S/c1-2-5-20-6-4-17-15(20)9-13(19-16)11-8-14-12(18-10-11)3-7-21-14/h3-4,6-8,10,13,19H,2,5,9,16H2,1H3. The Labute approximate surface area is 127 Å². The molecule has 3 rings (SSSR count). The lowest BCUT2D eigenvalue weighted by Gasteiger charge is -2.16. The van der Waals surface area contributed by atoms with Gasteiger partial charge in [0.1, 0.15) is 5.82 Å². The predicted molar refractivity (Wildman–Crippen MR) is 85.9 cm³/mol. The third-order valence-corrected chi connectivity index (χ3v) is 4.43. The number of hydrogen-bond acceptors (Lipinski definition) is 5. The molecular weight excluding hydrogens is 282 g/mol. The second-order valence-electron chi connectivity index (χ2n) is 5.03. The van der Waals surface area contributed by atoms with Crippen LogP contribution in [0.15, 0.2) is 36.1 Å². The van der Waals surface area contributed by atoms with E-state index >= 15 is 0 Å². The van der Waals surface area contributed by atoms with Crippen molar-refractivity contribution in [3.8, 4) is 0 Å². The first-order valence-electron chi connectivity index (χ1n) is 7.11. The van der Waals surface area contributed by atoms with Gasteiger partial charge in [-0.1, -0.05) is 6.92 Å². The summed E-state index contributed by atoms with van der Waals surface area (Å²) in [6, 6.07) is 4.20. The topological polar surface area (TPSA) is 68.8 Å². The molecule has 3 N–H and O–H groups in total. The molecule has 0 saturated carbocycles. The van der Waals surface area contributed by atoms with Crippen molar-refractivity contribution in [2.24, 2.45) is 5.84 Å². The van der Waals surface area contributed by atoms with E-state index in [0.717, 1.165) is 36.3 Å². The highest BCUT2D eigenvalue weighted by Crippen LogP contribution is 2.24. The van der Waals surface area contributed by atoms with E-state index in [0.29, 0.717) is 0 Å². The zero-order valence-corrected chi connectivity index (χ0v) is 12.8. The molecule has 3 aromatic heterocycles. The van der Waals surface area contributed by atoms with Crippen LogP contribution in [0.25, 0.3) is 10.2 Å². The Bertz CT molecular complexity index is 718. The lowest BCUT2D eigenvalue weighted by molar-refractivity contribution is 0.516. The van der Waals surface area contributed by atoms with E-state index in [1.807, 2.05) is 24.7 Å². The van der Waals surface area contributed by atoms with E-state index in [4.69, 9.17) is 5.84 Å². The highest BCUT2D eigenvalue weighted by molar-refractivity contribution is 7.17. The molecule has 1 unspecified atom stereocenters. The molecule has 1 atom stereocenters. The second-order valence-corrected chi connectivity index (χ2v) is 5.98. The van der Waals surface area contributed by atoms with E-state index < -0.39 is 0 Å². The monoisotopic (exact) mass is 301 g/mol. The fourth-order valence-corrected chi connectivity index (χ4v) is 3.27. The minimum atomic E-state index is 0.0157. The zero-order valence-electron chi connectivity index (χ0n) is 12.0. The fraction of sp³-hybridized carbons (Fsp3) is 0.333. The number of aryl methyl sites for hydroxylation is 1. The van der Waals surface area contributed by atoms with Gasteiger partial charge in [-0.3, -0.25) is 16.3 Å². The van der Waals surface area contributed by atoms with Gasteiger partial charge in [0.15, 0.2) is 0 Å². The minimum absolute atomic E-state index is 0.0157. The van der Waals surface area contributed by atoms with Gasteiger partial charge in [0.2, 0.25) is 0 Å². The van der Waals surface area contributed by atoms with Crippen LogP contribution in [0.1, 0.15) is 30.8 Å². The Morgan fingerprint density at radius 1 is 1.43 bits per heavy atom. The first-order valence-corrected chi connectivity index (χ1v) is 7.99. The van der Waals surface area contributed by atoms with Gasteiger partial charge in [0, 0.05) is 31.6 Å². The quantitative estimate of drug-likeness (QED) is 0.542. The first-order chi connectivity index (χ1) is 10.3. The lowest BCUT2D eigenvalue weighted by atomic mass is 10.1. The minimum Gasteiger partial charge on any atom is -0.335 e. The summed E-state index contributed by atoms with van der Waals surface area (Å²) in [6.45, 7) is 3.14. The Kier molecular flexibility index (Phi) is 4.28. The van der Waals surface area contributed by atoms with E-state index in [1.54, 1.807) is 11.3 Å². The van der Waals surface area contributed by atoms with Crippen LogP contribution in [0.4, 0.5) is 0 Å². The van der Waals surface area contributed by atoms with Gasteiger partial charge >= 0.3 is 0 Å². The maximum atomic E-state index is 5.75. The number of nitrogens with two attached hydrogens (primary N) is 1. The Morgan fingerprint density at radius 2 is 2.33 bits per heavy atom. The number of nitrogens with one attached hydrogen (secondary N) is 1. The molecule has 0 saturated heterocycles. The molecule has 6 heteroatoms.